The van der Waals surface area contributed by atoms with E-state index in [9.17, 15) is 25.2 Å². The third kappa shape index (κ3) is 4.73. The SMILES string of the molecule is O=C1OC[C@H](O)[C@@H](O)[C@H](O)[C@H](O)COCCCc2ccccc21. The Morgan fingerprint density at radius 2 is 1.61 bits per heavy atom. The van der Waals surface area contributed by atoms with Gasteiger partial charge in [0, 0.05) is 6.61 Å². The van der Waals surface area contributed by atoms with Gasteiger partial charge in [0.05, 0.1) is 12.2 Å². The largest absolute Gasteiger partial charge is 0.459 e. The molecule has 1 aliphatic heterocycles. The van der Waals surface area contributed by atoms with Crippen LogP contribution < -0.4 is 0 Å². The highest BCUT2D eigenvalue weighted by Crippen LogP contribution is 2.15. The number of carbonyl (C=O) groups excluding carboxylic acids is 1. The third-order valence-corrected chi connectivity index (χ3v) is 3.78. The summed E-state index contributed by atoms with van der Waals surface area (Å²) in [6.07, 6.45) is -4.89. The average Bonchev–Trinajstić information content (AvgIpc) is 2.57. The van der Waals surface area contributed by atoms with E-state index in [1.54, 1.807) is 12.1 Å². The van der Waals surface area contributed by atoms with Crippen molar-refractivity contribution in [1.82, 2.24) is 0 Å². The average molecular weight is 326 g/mol. The first-order valence-corrected chi connectivity index (χ1v) is 7.55. The number of esters is 1. The van der Waals surface area contributed by atoms with Crippen molar-refractivity contribution in [2.24, 2.45) is 0 Å². The molecule has 4 atom stereocenters. The quantitative estimate of drug-likeness (QED) is 0.464. The lowest BCUT2D eigenvalue weighted by Gasteiger charge is -2.26. The summed E-state index contributed by atoms with van der Waals surface area (Å²) in [6.45, 7) is -0.322. The van der Waals surface area contributed by atoms with Crippen molar-refractivity contribution in [2.45, 2.75) is 37.3 Å². The fourth-order valence-corrected chi connectivity index (χ4v) is 2.40. The second kappa shape index (κ2) is 8.37. The zero-order valence-corrected chi connectivity index (χ0v) is 12.7. The molecule has 0 aromatic heterocycles. The molecule has 0 aliphatic carbocycles. The summed E-state index contributed by atoms with van der Waals surface area (Å²) < 4.78 is 10.3. The van der Waals surface area contributed by atoms with Crippen molar-refractivity contribution < 1.29 is 34.7 Å². The van der Waals surface area contributed by atoms with Crippen LogP contribution in [0.2, 0.25) is 0 Å². The summed E-state index contributed by atoms with van der Waals surface area (Å²) in [5.41, 5.74) is 1.20. The highest BCUT2D eigenvalue weighted by atomic mass is 16.5. The number of hydrogen-bond donors (Lipinski definition) is 4. The molecule has 23 heavy (non-hydrogen) atoms. The molecule has 1 aromatic carbocycles. The van der Waals surface area contributed by atoms with E-state index in [-0.39, 0.29) is 6.61 Å². The van der Waals surface area contributed by atoms with E-state index in [1.807, 2.05) is 12.1 Å². The van der Waals surface area contributed by atoms with E-state index in [0.717, 1.165) is 5.56 Å². The first-order chi connectivity index (χ1) is 11.0. The standard InChI is InChI=1S/C16H22O7/c17-12-8-22-7-3-5-10-4-1-2-6-11(10)16(21)23-9-13(18)15(20)14(12)19/h1-2,4,6,12-15,17-20H,3,5,7-9H2/t12-,13+,14-,15-/m1/s1. The number of ether oxygens (including phenoxy) is 2. The van der Waals surface area contributed by atoms with Gasteiger partial charge in [0.1, 0.15) is 31.0 Å². The summed E-state index contributed by atoms with van der Waals surface area (Å²) in [5, 5.41) is 39.1. The Labute approximate surface area is 134 Å². The van der Waals surface area contributed by atoms with Crippen LogP contribution >= 0.6 is 0 Å². The minimum absolute atomic E-state index is 0.160. The molecule has 0 saturated heterocycles. The lowest BCUT2D eigenvalue weighted by Crippen LogP contribution is -2.47. The molecule has 1 aliphatic rings. The maximum absolute atomic E-state index is 12.1. The Morgan fingerprint density at radius 3 is 2.35 bits per heavy atom. The lowest BCUT2D eigenvalue weighted by molar-refractivity contribution is -0.130. The Morgan fingerprint density at radius 1 is 0.957 bits per heavy atom. The van der Waals surface area contributed by atoms with Gasteiger partial charge in [-0.3, -0.25) is 0 Å². The van der Waals surface area contributed by atoms with Crippen LogP contribution in [0.15, 0.2) is 24.3 Å². The first-order valence-electron chi connectivity index (χ1n) is 7.55. The molecular formula is C16H22O7. The monoisotopic (exact) mass is 326 g/mol. The maximum Gasteiger partial charge on any atom is 0.338 e. The molecule has 1 heterocycles. The van der Waals surface area contributed by atoms with Crippen molar-refractivity contribution >= 4 is 5.97 Å². The molecular weight excluding hydrogens is 304 g/mol. The number of aryl methyl sites for hydroxylation is 1. The number of hydrogen-bond acceptors (Lipinski definition) is 7. The molecule has 0 spiro atoms. The van der Waals surface area contributed by atoms with Crippen LogP contribution in [0.25, 0.3) is 0 Å². The van der Waals surface area contributed by atoms with Crippen LogP contribution in [-0.2, 0) is 15.9 Å². The molecule has 4 N–H and O–H groups in total. The predicted octanol–water partition coefficient (Wildman–Crippen LogP) is -0.750. The second-order valence-electron chi connectivity index (χ2n) is 5.55. The molecule has 0 fully saturated rings. The molecule has 0 radical (unpaired) electrons. The molecule has 7 heteroatoms. The van der Waals surface area contributed by atoms with Gasteiger partial charge in [-0.1, -0.05) is 18.2 Å². The molecule has 1 aromatic rings. The van der Waals surface area contributed by atoms with Crippen molar-refractivity contribution in [1.29, 1.82) is 0 Å². The topological polar surface area (TPSA) is 116 Å². The normalized spacial score (nSPS) is 30.9. The Bertz CT molecular complexity index is 519. The zero-order valence-electron chi connectivity index (χ0n) is 12.7. The van der Waals surface area contributed by atoms with Crippen molar-refractivity contribution in [3.05, 3.63) is 35.4 Å². The van der Waals surface area contributed by atoms with Crippen LogP contribution in [0.1, 0.15) is 22.3 Å². The molecule has 7 nitrogen and oxygen atoms in total. The van der Waals surface area contributed by atoms with Gasteiger partial charge in [0.25, 0.3) is 0 Å². The highest BCUT2D eigenvalue weighted by molar-refractivity contribution is 5.91. The molecule has 0 unspecified atom stereocenters. The number of cyclic esters (lactones) is 1. The van der Waals surface area contributed by atoms with Gasteiger partial charge in [0.15, 0.2) is 0 Å². The van der Waals surface area contributed by atoms with E-state index in [0.29, 0.717) is 25.0 Å². The number of benzene rings is 1. The first kappa shape index (κ1) is 17.8. The summed E-state index contributed by atoms with van der Waals surface area (Å²) in [5.74, 6) is -0.611. The lowest BCUT2D eigenvalue weighted by atomic mass is 10.0. The summed E-state index contributed by atoms with van der Waals surface area (Å²) in [6, 6.07) is 6.97. The third-order valence-electron chi connectivity index (χ3n) is 3.78. The molecule has 2 rings (SSSR count). The Balaban J connectivity index is 2.15. The van der Waals surface area contributed by atoms with E-state index >= 15 is 0 Å². The van der Waals surface area contributed by atoms with Gasteiger partial charge in [-0.05, 0) is 24.5 Å². The number of fused-ring (bicyclic) bond motifs is 1. The van der Waals surface area contributed by atoms with Gasteiger partial charge in [0.2, 0.25) is 0 Å². The minimum Gasteiger partial charge on any atom is -0.459 e. The smallest absolute Gasteiger partial charge is 0.338 e. The second-order valence-corrected chi connectivity index (χ2v) is 5.55. The molecule has 0 saturated carbocycles. The minimum atomic E-state index is -1.65. The van der Waals surface area contributed by atoms with Gasteiger partial charge < -0.3 is 29.9 Å². The number of aliphatic hydroxyl groups excluding tert-OH is 4. The van der Waals surface area contributed by atoms with Crippen LogP contribution in [0.3, 0.4) is 0 Å². The summed E-state index contributed by atoms with van der Waals surface area (Å²) in [7, 11) is 0. The van der Waals surface area contributed by atoms with Gasteiger partial charge in [-0.2, -0.15) is 0 Å². The van der Waals surface area contributed by atoms with E-state index in [2.05, 4.69) is 0 Å². The van der Waals surface area contributed by atoms with Gasteiger partial charge >= 0.3 is 5.97 Å². The van der Waals surface area contributed by atoms with Gasteiger partial charge in [-0.25, -0.2) is 4.79 Å². The number of aliphatic hydroxyl groups is 4. The van der Waals surface area contributed by atoms with E-state index < -0.39 is 37.0 Å². The van der Waals surface area contributed by atoms with Crippen molar-refractivity contribution in [2.75, 3.05) is 19.8 Å². The Hall–Kier alpha value is -1.51. The maximum atomic E-state index is 12.1. The zero-order chi connectivity index (χ0) is 16.8. The van der Waals surface area contributed by atoms with Crippen LogP contribution in [0.5, 0.6) is 0 Å². The summed E-state index contributed by atoms with van der Waals surface area (Å²) >= 11 is 0. The van der Waals surface area contributed by atoms with E-state index in [4.69, 9.17) is 9.47 Å². The summed E-state index contributed by atoms with van der Waals surface area (Å²) in [4.78, 5) is 12.1. The van der Waals surface area contributed by atoms with Crippen LogP contribution in [0.4, 0.5) is 0 Å². The molecule has 128 valence electrons. The number of rotatable bonds is 0. The predicted molar refractivity (Wildman–Crippen MR) is 79.9 cm³/mol. The van der Waals surface area contributed by atoms with E-state index in [1.165, 1.54) is 0 Å². The molecule has 0 bridgehead atoms. The van der Waals surface area contributed by atoms with Crippen LogP contribution in [-0.4, -0.2) is 70.6 Å². The van der Waals surface area contributed by atoms with Crippen molar-refractivity contribution in [3.8, 4) is 0 Å². The Kier molecular flexibility index (Phi) is 6.49. The fourth-order valence-electron chi connectivity index (χ4n) is 2.40. The van der Waals surface area contributed by atoms with Crippen LogP contribution in [0, 0.1) is 0 Å². The highest BCUT2D eigenvalue weighted by Gasteiger charge is 2.31. The van der Waals surface area contributed by atoms with Crippen molar-refractivity contribution in [3.63, 3.8) is 0 Å². The molecule has 0 amide bonds. The number of carbonyl (C=O) groups is 1. The fraction of sp³-hybridized carbons (Fsp3) is 0.562. The van der Waals surface area contributed by atoms with Gasteiger partial charge in [-0.15, -0.1) is 0 Å².